The van der Waals surface area contributed by atoms with E-state index in [-0.39, 0.29) is 17.9 Å². The van der Waals surface area contributed by atoms with Gasteiger partial charge in [0.2, 0.25) is 5.91 Å². The molecule has 5 rings (SSSR count). The summed E-state index contributed by atoms with van der Waals surface area (Å²) in [6.45, 7) is 7.35. The second-order valence-corrected chi connectivity index (χ2v) is 11.1. The SMILES string of the molecule is C[C@@H]1C[C@@H](O)c2ncnc(N3CCN(C(=O)[C@@H](Cc4ccc(Cl)cc4)NCCC4CCOCC4)CC3)c21. The predicted octanol–water partition coefficient (Wildman–Crippen LogP) is 3.34. The fraction of sp³-hybridized carbons (Fsp3) is 0.607. The van der Waals surface area contributed by atoms with Gasteiger partial charge in [0.05, 0.1) is 17.8 Å². The number of fused-ring (bicyclic) bond motifs is 1. The van der Waals surface area contributed by atoms with Crippen molar-refractivity contribution < 1.29 is 14.6 Å². The second kappa shape index (κ2) is 12.1. The first-order chi connectivity index (χ1) is 18.0. The minimum atomic E-state index is -0.518. The summed E-state index contributed by atoms with van der Waals surface area (Å²) >= 11 is 6.09. The number of hydrogen-bond donors (Lipinski definition) is 2. The lowest BCUT2D eigenvalue weighted by atomic mass is 9.96. The molecule has 0 unspecified atom stereocenters. The van der Waals surface area contributed by atoms with Gasteiger partial charge in [-0.3, -0.25) is 4.79 Å². The van der Waals surface area contributed by atoms with E-state index in [1.54, 1.807) is 6.33 Å². The Labute approximate surface area is 224 Å². The van der Waals surface area contributed by atoms with Crippen LogP contribution in [-0.2, 0) is 16.0 Å². The van der Waals surface area contributed by atoms with Gasteiger partial charge in [-0.2, -0.15) is 0 Å². The molecule has 200 valence electrons. The normalized spacial score (nSPS) is 23.2. The molecule has 3 heterocycles. The number of amides is 1. The Balaban J connectivity index is 1.22. The summed E-state index contributed by atoms with van der Waals surface area (Å²) in [6, 6.07) is 7.51. The molecule has 2 fully saturated rings. The summed E-state index contributed by atoms with van der Waals surface area (Å²) < 4.78 is 5.49. The topological polar surface area (TPSA) is 90.8 Å². The molecule has 1 aromatic heterocycles. The van der Waals surface area contributed by atoms with Crippen molar-refractivity contribution in [2.75, 3.05) is 50.8 Å². The zero-order valence-corrected chi connectivity index (χ0v) is 22.4. The summed E-state index contributed by atoms with van der Waals surface area (Å²) in [4.78, 5) is 26.9. The van der Waals surface area contributed by atoms with Crippen molar-refractivity contribution in [2.45, 2.75) is 57.1 Å². The maximum Gasteiger partial charge on any atom is 0.240 e. The molecule has 3 aliphatic rings. The van der Waals surface area contributed by atoms with Crippen LogP contribution in [0.2, 0.25) is 5.02 Å². The fourth-order valence-corrected chi connectivity index (χ4v) is 6.04. The van der Waals surface area contributed by atoms with E-state index >= 15 is 0 Å². The minimum absolute atomic E-state index is 0.151. The minimum Gasteiger partial charge on any atom is -0.387 e. The maximum absolute atomic E-state index is 13.7. The fourth-order valence-electron chi connectivity index (χ4n) is 5.91. The van der Waals surface area contributed by atoms with Crippen molar-refractivity contribution in [1.29, 1.82) is 0 Å². The summed E-state index contributed by atoms with van der Waals surface area (Å²) in [7, 11) is 0. The number of benzene rings is 1. The van der Waals surface area contributed by atoms with Gasteiger partial charge in [-0.15, -0.1) is 0 Å². The van der Waals surface area contributed by atoms with E-state index in [4.69, 9.17) is 16.3 Å². The number of aliphatic hydroxyl groups excluding tert-OH is 1. The summed E-state index contributed by atoms with van der Waals surface area (Å²) in [5.74, 6) is 1.95. The van der Waals surface area contributed by atoms with Gasteiger partial charge in [-0.25, -0.2) is 9.97 Å². The number of aromatic nitrogens is 2. The second-order valence-electron chi connectivity index (χ2n) is 10.6. The van der Waals surface area contributed by atoms with Gasteiger partial charge >= 0.3 is 0 Å². The Kier molecular flexibility index (Phi) is 8.60. The molecular formula is C28H38ClN5O3. The number of aliphatic hydroxyl groups is 1. The summed E-state index contributed by atoms with van der Waals surface area (Å²) in [5, 5.41) is 14.6. The Bertz CT molecular complexity index is 1050. The van der Waals surface area contributed by atoms with E-state index in [0.717, 1.165) is 61.7 Å². The largest absolute Gasteiger partial charge is 0.387 e. The molecule has 2 saturated heterocycles. The molecule has 2 aliphatic heterocycles. The van der Waals surface area contributed by atoms with E-state index < -0.39 is 6.10 Å². The number of halogens is 1. The molecule has 0 spiro atoms. The lowest BCUT2D eigenvalue weighted by Crippen LogP contribution is -2.55. The number of ether oxygens (including phenoxy) is 1. The lowest BCUT2D eigenvalue weighted by Gasteiger charge is -2.38. The van der Waals surface area contributed by atoms with Crippen LogP contribution < -0.4 is 10.2 Å². The highest BCUT2D eigenvalue weighted by molar-refractivity contribution is 6.30. The number of anilines is 1. The molecule has 3 atom stereocenters. The van der Waals surface area contributed by atoms with Crippen LogP contribution in [0.3, 0.4) is 0 Å². The van der Waals surface area contributed by atoms with Crippen molar-refractivity contribution in [3.8, 4) is 0 Å². The van der Waals surface area contributed by atoms with Gasteiger partial charge in [-0.05, 0) is 68.2 Å². The molecule has 2 aromatic rings. The molecule has 1 aromatic carbocycles. The zero-order valence-electron chi connectivity index (χ0n) is 21.6. The molecule has 0 bridgehead atoms. The van der Waals surface area contributed by atoms with Gasteiger partial charge in [0.1, 0.15) is 12.1 Å². The number of carbonyl (C=O) groups excluding carboxylic acids is 1. The molecule has 8 nitrogen and oxygen atoms in total. The average molecular weight is 528 g/mol. The molecule has 9 heteroatoms. The number of carbonyl (C=O) groups is 1. The molecule has 1 aliphatic carbocycles. The molecule has 1 amide bonds. The highest BCUT2D eigenvalue weighted by atomic mass is 35.5. The lowest BCUT2D eigenvalue weighted by molar-refractivity contribution is -0.133. The summed E-state index contributed by atoms with van der Waals surface area (Å²) in [6.07, 6.45) is 5.62. The average Bonchev–Trinajstić information content (AvgIpc) is 3.23. The van der Waals surface area contributed by atoms with Crippen molar-refractivity contribution in [3.05, 3.63) is 52.4 Å². The first-order valence-corrected chi connectivity index (χ1v) is 14.0. The van der Waals surface area contributed by atoms with Gasteiger partial charge in [-0.1, -0.05) is 30.7 Å². The van der Waals surface area contributed by atoms with E-state index in [1.165, 1.54) is 0 Å². The van der Waals surface area contributed by atoms with E-state index in [9.17, 15) is 9.90 Å². The Morgan fingerprint density at radius 1 is 1.16 bits per heavy atom. The van der Waals surface area contributed by atoms with Crippen molar-refractivity contribution in [2.24, 2.45) is 5.92 Å². The highest BCUT2D eigenvalue weighted by Gasteiger charge is 2.34. The first-order valence-electron chi connectivity index (χ1n) is 13.6. The number of hydrogen-bond acceptors (Lipinski definition) is 7. The number of rotatable bonds is 8. The molecular weight excluding hydrogens is 490 g/mol. The van der Waals surface area contributed by atoms with Crippen molar-refractivity contribution in [3.63, 3.8) is 0 Å². The monoisotopic (exact) mass is 527 g/mol. The quantitative estimate of drug-likeness (QED) is 0.544. The van der Waals surface area contributed by atoms with Crippen molar-refractivity contribution >= 4 is 23.3 Å². The van der Waals surface area contributed by atoms with Crippen LogP contribution in [0.25, 0.3) is 0 Å². The van der Waals surface area contributed by atoms with Gasteiger partial charge in [0, 0.05) is 50.0 Å². The van der Waals surface area contributed by atoms with Crippen LogP contribution in [-0.4, -0.2) is 77.9 Å². The van der Waals surface area contributed by atoms with Crippen LogP contribution >= 0.6 is 11.6 Å². The molecule has 37 heavy (non-hydrogen) atoms. The van der Waals surface area contributed by atoms with Gasteiger partial charge in [0.15, 0.2) is 0 Å². The van der Waals surface area contributed by atoms with E-state index in [2.05, 4.69) is 27.1 Å². The van der Waals surface area contributed by atoms with Crippen LogP contribution in [0.15, 0.2) is 30.6 Å². The molecule has 2 N–H and O–H groups in total. The van der Waals surface area contributed by atoms with E-state index in [0.29, 0.717) is 50.0 Å². The predicted molar refractivity (Wildman–Crippen MR) is 144 cm³/mol. The van der Waals surface area contributed by atoms with Crippen LogP contribution in [0.4, 0.5) is 5.82 Å². The third-order valence-electron chi connectivity index (χ3n) is 8.11. The maximum atomic E-state index is 13.7. The number of piperazine rings is 1. The van der Waals surface area contributed by atoms with Crippen LogP contribution in [0, 0.1) is 5.92 Å². The van der Waals surface area contributed by atoms with Gasteiger partial charge < -0.3 is 25.0 Å². The van der Waals surface area contributed by atoms with E-state index in [1.807, 2.05) is 29.2 Å². The Hall–Kier alpha value is -2.26. The first kappa shape index (κ1) is 26.4. The Morgan fingerprint density at radius 3 is 2.62 bits per heavy atom. The summed E-state index contributed by atoms with van der Waals surface area (Å²) in [5.41, 5.74) is 2.92. The smallest absolute Gasteiger partial charge is 0.240 e. The van der Waals surface area contributed by atoms with Crippen LogP contribution in [0.5, 0.6) is 0 Å². The molecule has 0 saturated carbocycles. The standard InChI is InChI=1S/C28H38ClN5O3/c1-19-16-24(35)26-25(19)27(32-18-31-26)33-10-12-34(13-11-33)28(36)23(17-21-2-4-22(29)5-3-21)30-9-6-20-7-14-37-15-8-20/h2-5,18-20,23-24,30,35H,6-17H2,1H3/t19-,23-,24-/m1/s1. The van der Waals surface area contributed by atoms with Crippen LogP contribution in [0.1, 0.15) is 61.4 Å². The molecule has 0 radical (unpaired) electrons. The third kappa shape index (κ3) is 6.25. The Morgan fingerprint density at radius 2 is 1.89 bits per heavy atom. The third-order valence-corrected chi connectivity index (χ3v) is 8.36. The number of nitrogens with one attached hydrogen (secondary N) is 1. The van der Waals surface area contributed by atoms with Gasteiger partial charge in [0.25, 0.3) is 0 Å². The number of nitrogens with zero attached hydrogens (tertiary/aromatic N) is 4. The van der Waals surface area contributed by atoms with Crippen molar-refractivity contribution in [1.82, 2.24) is 20.2 Å². The highest BCUT2D eigenvalue weighted by Crippen LogP contribution is 2.42. The zero-order chi connectivity index (χ0) is 25.8.